The first-order valence-electron chi connectivity index (χ1n) is 5.77. The van der Waals surface area contributed by atoms with E-state index in [0.29, 0.717) is 12.8 Å². The minimum absolute atomic E-state index is 0.177. The zero-order valence-corrected chi connectivity index (χ0v) is 11.8. The van der Waals surface area contributed by atoms with Crippen LogP contribution in [0.5, 0.6) is 0 Å². The average molecular weight is 237 g/mol. The Bertz CT molecular complexity index is 320. The van der Waals surface area contributed by atoms with Gasteiger partial charge in [-0.25, -0.2) is 0 Å². The summed E-state index contributed by atoms with van der Waals surface area (Å²) < 4.78 is 6.14. The Kier molecular flexibility index (Phi) is 4.30. The highest BCUT2D eigenvalue weighted by Crippen LogP contribution is 2.36. The summed E-state index contributed by atoms with van der Waals surface area (Å²) in [7, 11) is -1.83. The summed E-state index contributed by atoms with van der Waals surface area (Å²) in [6.45, 7) is 9.55. The lowest BCUT2D eigenvalue weighted by atomic mass is 10.2. The van der Waals surface area contributed by atoms with Crippen molar-refractivity contribution in [1.29, 1.82) is 0 Å². The summed E-state index contributed by atoms with van der Waals surface area (Å²) in [6, 6.07) is 10.3. The Hall–Kier alpha value is -0.643. The first kappa shape index (κ1) is 13.4. The van der Waals surface area contributed by atoms with Crippen LogP contribution in [0.15, 0.2) is 30.3 Å². The van der Waals surface area contributed by atoms with Crippen molar-refractivity contribution in [2.24, 2.45) is 5.73 Å². The molecule has 0 aromatic heterocycles. The Balaban J connectivity index is 2.66. The molecule has 1 atom stereocenters. The largest absolute Gasteiger partial charge is 0.411 e. The molecule has 1 aromatic carbocycles. The molecule has 0 aliphatic rings. The van der Waals surface area contributed by atoms with E-state index in [-0.39, 0.29) is 5.04 Å². The van der Waals surface area contributed by atoms with E-state index in [4.69, 9.17) is 10.2 Å². The molecule has 2 nitrogen and oxygen atoms in total. The van der Waals surface area contributed by atoms with E-state index >= 15 is 0 Å². The lowest BCUT2D eigenvalue weighted by Gasteiger charge is -2.38. The van der Waals surface area contributed by atoms with Gasteiger partial charge in [-0.1, -0.05) is 51.1 Å². The van der Waals surface area contributed by atoms with Crippen molar-refractivity contribution < 1.29 is 4.43 Å². The van der Waals surface area contributed by atoms with Crippen molar-refractivity contribution in [2.45, 2.75) is 39.0 Å². The summed E-state index contributed by atoms with van der Waals surface area (Å²) in [5, 5.41) is 0.177. The second kappa shape index (κ2) is 5.12. The van der Waals surface area contributed by atoms with Gasteiger partial charge in [0.1, 0.15) is 0 Å². The molecule has 0 aliphatic carbocycles. The Labute approximate surface area is 99.9 Å². The SMILES string of the molecule is CC(C)(C)[Si](C)(CN)OCc1ccccc1. The molecule has 0 saturated heterocycles. The maximum absolute atomic E-state index is 6.14. The topological polar surface area (TPSA) is 35.2 Å². The molecule has 0 saturated carbocycles. The summed E-state index contributed by atoms with van der Waals surface area (Å²) in [5.41, 5.74) is 7.12. The Morgan fingerprint density at radius 3 is 2.19 bits per heavy atom. The number of hydrogen-bond acceptors (Lipinski definition) is 2. The van der Waals surface area contributed by atoms with Crippen LogP contribution in [0.1, 0.15) is 26.3 Å². The van der Waals surface area contributed by atoms with Gasteiger partial charge in [0, 0.05) is 6.17 Å². The van der Waals surface area contributed by atoms with Crippen LogP contribution in [0.2, 0.25) is 11.6 Å². The van der Waals surface area contributed by atoms with Gasteiger partial charge < -0.3 is 10.2 Å². The van der Waals surface area contributed by atoms with Crippen LogP contribution in [-0.2, 0) is 11.0 Å². The van der Waals surface area contributed by atoms with Crippen molar-refractivity contribution in [3.8, 4) is 0 Å². The highest BCUT2D eigenvalue weighted by atomic mass is 28.4. The van der Waals surface area contributed by atoms with E-state index in [9.17, 15) is 0 Å². The predicted molar refractivity (Wildman–Crippen MR) is 71.6 cm³/mol. The predicted octanol–water partition coefficient (Wildman–Crippen LogP) is 3.08. The summed E-state index contributed by atoms with van der Waals surface area (Å²) in [5.74, 6) is 0. The lowest BCUT2D eigenvalue weighted by Crippen LogP contribution is -2.51. The highest BCUT2D eigenvalue weighted by molar-refractivity contribution is 6.75. The maximum atomic E-state index is 6.14. The van der Waals surface area contributed by atoms with Crippen LogP contribution >= 0.6 is 0 Å². The molecule has 0 heterocycles. The fourth-order valence-corrected chi connectivity index (χ4v) is 3.05. The molecule has 0 aliphatic heterocycles. The van der Waals surface area contributed by atoms with E-state index in [1.165, 1.54) is 5.56 Å². The van der Waals surface area contributed by atoms with Crippen LogP contribution in [0.25, 0.3) is 0 Å². The molecule has 1 rings (SSSR count). The van der Waals surface area contributed by atoms with E-state index in [2.05, 4.69) is 39.5 Å². The molecule has 1 aromatic rings. The Morgan fingerprint density at radius 2 is 1.75 bits per heavy atom. The minimum atomic E-state index is -1.83. The van der Waals surface area contributed by atoms with Crippen molar-refractivity contribution >= 4 is 8.32 Å². The third kappa shape index (κ3) is 3.17. The van der Waals surface area contributed by atoms with E-state index < -0.39 is 8.32 Å². The maximum Gasteiger partial charge on any atom is 0.208 e. The van der Waals surface area contributed by atoms with E-state index in [0.717, 1.165) is 0 Å². The molecule has 3 heteroatoms. The van der Waals surface area contributed by atoms with Gasteiger partial charge in [0.15, 0.2) is 0 Å². The lowest BCUT2D eigenvalue weighted by molar-refractivity contribution is 0.272. The third-order valence-corrected chi connectivity index (χ3v) is 8.11. The van der Waals surface area contributed by atoms with Crippen LogP contribution < -0.4 is 5.73 Å². The fourth-order valence-electron chi connectivity index (χ4n) is 1.40. The number of rotatable bonds is 4. The van der Waals surface area contributed by atoms with Gasteiger partial charge in [-0.3, -0.25) is 0 Å². The molecule has 90 valence electrons. The fraction of sp³-hybridized carbons (Fsp3) is 0.538. The highest BCUT2D eigenvalue weighted by Gasteiger charge is 2.40. The molecule has 0 fully saturated rings. The van der Waals surface area contributed by atoms with Crippen LogP contribution in [0.3, 0.4) is 0 Å². The minimum Gasteiger partial charge on any atom is -0.411 e. The molecule has 0 radical (unpaired) electrons. The molecule has 0 spiro atoms. The van der Waals surface area contributed by atoms with Gasteiger partial charge in [0.25, 0.3) is 0 Å². The molecular formula is C13H23NOSi. The average Bonchev–Trinajstić information content (AvgIpc) is 2.26. The van der Waals surface area contributed by atoms with Crippen molar-refractivity contribution in [2.75, 3.05) is 6.17 Å². The van der Waals surface area contributed by atoms with Gasteiger partial charge in [0.2, 0.25) is 8.32 Å². The standard InChI is InChI=1S/C13H23NOSi/c1-13(2,3)16(4,11-14)15-10-12-8-6-5-7-9-12/h5-9H,10-11,14H2,1-4H3. The first-order chi connectivity index (χ1) is 7.39. The van der Waals surface area contributed by atoms with Gasteiger partial charge in [-0.05, 0) is 17.1 Å². The van der Waals surface area contributed by atoms with E-state index in [1.807, 2.05) is 18.2 Å². The molecule has 16 heavy (non-hydrogen) atoms. The molecule has 0 amide bonds. The number of hydrogen-bond donors (Lipinski definition) is 1. The molecule has 1 unspecified atom stereocenters. The summed E-state index contributed by atoms with van der Waals surface area (Å²) in [4.78, 5) is 0. The van der Waals surface area contributed by atoms with Crippen LogP contribution in [0, 0.1) is 0 Å². The molecular weight excluding hydrogens is 214 g/mol. The summed E-state index contributed by atoms with van der Waals surface area (Å²) >= 11 is 0. The first-order valence-corrected chi connectivity index (χ1v) is 8.38. The Morgan fingerprint density at radius 1 is 1.19 bits per heavy atom. The smallest absolute Gasteiger partial charge is 0.208 e. The zero-order valence-electron chi connectivity index (χ0n) is 10.8. The van der Waals surface area contributed by atoms with E-state index in [1.54, 1.807) is 0 Å². The zero-order chi connectivity index (χ0) is 12.2. The van der Waals surface area contributed by atoms with Crippen molar-refractivity contribution in [3.63, 3.8) is 0 Å². The third-order valence-electron chi connectivity index (χ3n) is 3.38. The monoisotopic (exact) mass is 237 g/mol. The van der Waals surface area contributed by atoms with Gasteiger partial charge >= 0.3 is 0 Å². The van der Waals surface area contributed by atoms with Gasteiger partial charge in [-0.2, -0.15) is 0 Å². The van der Waals surface area contributed by atoms with Gasteiger partial charge in [-0.15, -0.1) is 0 Å². The second-order valence-corrected chi connectivity index (χ2v) is 10.1. The number of benzene rings is 1. The summed E-state index contributed by atoms with van der Waals surface area (Å²) in [6.07, 6.45) is 0.670. The van der Waals surface area contributed by atoms with Gasteiger partial charge in [0.05, 0.1) is 6.61 Å². The normalized spacial score (nSPS) is 15.8. The molecule has 0 bridgehead atoms. The number of nitrogens with two attached hydrogens (primary N) is 1. The van der Waals surface area contributed by atoms with Crippen molar-refractivity contribution in [1.82, 2.24) is 0 Å². The second-order valence-electron chi connectivity index (χ2n) is 5.46. The molecule has 2 N–H and O–H groups in total. The quantitative estimate of drug-likeness (QED) is 0.817. The van der Waals surface area contributed by atoms with Crippen LogP contribution in [0.4, 0.5) is 0 Å². The van der Waals surface area contributed by atoms with Crippen LogP contribution in [-0.4, -0.2) is 14.5 Å². The van der Waals surface area contributed by atoms with Crippen molar-refractivity contribution in [3.05, 3.63) is 35.9 Å².